The van der Waals surface area contributed by atoms with Crippen LogP contribution in [0.15, 0.2) is 87.1 Å². The van der Waals surface area contributed by atoms with Gasteiger partial charge >= 0.3 is 0 Å². The lowest BCUT2D eigenvalue weighted by molar-refractivity contribution is -0.116. The molecule has 0 unspecified atom stereocenters. The number of aryl methyl sites for hydroxylation is 1. The van der Waals surface area contributed by atoms with Gasteiger partial charge in [-0.3, -0.25) is 4.79 Å². The summed E-state index contributed by atoms with van der Waals surface area (Å²) in [7, 11) is -3.88. The van der Waals surface area contributed by atoms with Crippen LogP contribution in [0.25, 0.3) is 0 Å². The molecule has 31 heavy (non-hydrogen) atoms. The number of hydrogen-bond donors (Lipinski definition) is 1. The maximum absolute atomic E-state index is 13.3. The fraction of sp³-hybridized carbons (Fsp3) is 0.174. The van der Waals surface area contributed by atoms with E-state index in [1.165, 1.54) is 16.4 Å². The van der Waals surface area contributed by atoms with E-state index < -0.39 is 15.9 Å². The summed E-state index contributed by atoms with van der Waals surface area (Å²) >= 11 is 4.89. The zero-order valence-corrected chi connectivity index (χ0v) is 20.4. The molecule has 0 atom stereocenters. The molecule has 0 aliphatic carbocycles. The van der Waals surface area contributed by atoms with Crippen molar-refractivity contribution in [3.05, 3.63) is 88.4 Å². The van der Waals surface area contributed by atoms with Crippen LogP contribution in [0.3, 0.4) is 0 Å². The number of nitrogens with one attached hydrogen (secondary N) is 1. The summed E-state index contributed by atoms with van der Waals surface area (Å²) in [4.78, 5) is 13.9. The van der Waals surface area contributed by atoms with Crippen LogP contribution in [-0.4, -0.2) is 31.4 Å². The molecule has 3 aromatic carbocycles. The fourth-order valence-electron chi connectivity index (χ4n) is 2.94. The lowest BCUT2D eigenvalue weighted by atomic mass is 10.1. The van der Waals surface area contributed by atoms with Crippen molar-refractivity contribution in [2.24, 2.45) is 0 Å². The summed E-state index contributed by atoms with van der Waals surface area (Å²) in [6.45, 7) is 1.77. The van der Waals surface area contributed by atoms with E-state index in [1.807, 2.05) is 55.6 Å². The number of amides is 1. The van der Waals surface area contributed by atoms with Crippen molar-refractivity contribution in [1.29, 1.82) is 0 Å². The standard InChI is InChI=1S/C23H23BrN2O3S2/c1-17-6-8-18(9-7-17)15-26(31(28,29)22-12-10-19(24)11-13-22)16-23(27)25-20-4-3-5-21(14-20)30-2/h3-14H,15-16H2,1-2H3,(H,25,27). The average Bonchev–Trinajstić information content (AvgIpc) is 2.75. The molecular formula is C23H23BrN2O3S2. The zero-order valence-electron chi connectivity index (χ0n) is 17.2. The molecule has 1 N–H and O–H groups in total. The number of carbonyl (C=O) groups excluding carboxylic acids is 1. The highest BCUT2D eigenvalue weighted by atomic mass is 79.9. The smallest absolute Gasteiger partial charge is 0.243 e. The first kappa shape index (κ1) is 23.5. The summed E-state index contributed by atoms with van der Waals surface area (Å²) < 4.78 is 28.6. The van der Waals surface area contributed by atoms with Gasteiger partial charge in [-0.25, -0.2) is 8.42 Å². The molecular weight excluding hydrogens is 496 g/mol. The van der Waals surface area contributed by atoms with Crippen LogP contribution in [0, 0.1) is 6.92 Å². The van der Waals surface area contributed by atoms with Crippen LogP contribution in [0.5, 0.6) is 0 Å². The SMILES string of the molecule is CSc1cccc(NC(=O)CN(Cc2ccc(C)cc2)S(=O)(=O)c2ccc(Br)cc2)c1. The minimum atomic E-state index is -3.88. The van der Waals surface area contributed by atoms with Crippen molar-refractivity contribution in [2.45, 2.75) is 23.3 Å². The second kappa shape index (κ2) is 10.5. The normalized spacial score (nSPS) is 11.5. The third kappa shape index (κ3) is 6.43. The van der Waals surface area contributed by atoms with Gasteiger partial charge in [-0.2, -0.15) is 4.31 Å². The van der Waals surface area contributed by atoms with E-state index in [-0.39, 0.29) is 18.0 Å². The van der Waals surface area contributed by atoms with E-state index in [0.29, 0.717) is 5.69 Å². The number of sulfonamides is 1. The van der Waals surface area contributed by atoms with Crippen molar-refractivity contribution in [2.75, 3.05) is 18.1 Å². The van der Waals surface area contributed by atoms with Gasteiger partial charge in [0.05, 0.1) is 11.4 Å². The van der Waals surface area contributed by atoms with Gasteiger partial charge in [-0.1, -0.05) is 51.8 Å². The Kier molecular flexibility index (Phi) is 7.94. The molecule has 0 aliphatic heterocycles. The van der Waals surface area contributed by atoms with Crippen molar-refractivity contribution in [3.8, 4) is 0 Å². The molecule has 3 aromatic rings. The molecule has 0 fully saturated rings. The third-order valence-corrected chi connectivity index (χ3v) is 7.66. The van der Waals surface area contributed by atoms with Crippen molar-refractivity contribution >= 4 is 49.3 Å². The molecule has 162 valence electrons. The monoisotopic (exact) mass is 518 g/mol. The predicted molar refractivity (Wildman–Crippen MR) is 130 cm³/mol. The van der Waals surface area contributed by atoms with Gasteiger partial charge in [0.1, 0.15) is 0 Å². The topological polar surface area (TPSA) is 66.5 Å². The summed E-state index contributed by atoms with van der Waals surface area (Å²) in [5, 5.41) is 2.81. The first-order chi connectivity index (χ1) is 14.8. The van der Waals surface area contributed by atoms with Gasteiger partial charge in [-0.15, -0.1) is 11.8 Å². The van der Waals surface area contributed by atoms with E-state index in [1.54, 1.807) is 30.0 Å². The molecule has 0 radical (unpaired) electrons. The minimum absolute atomic E-state index is 0.0942. The Hall–Kier alpha value is -2.13. The Morgan fingerprint density at radius 2 is 1.71 bits per heavy atom. The van der Waals surface area contributed by atoms with Gasteiger partial charge in [0.25, 0.3) is 0 Å². The molecule has 0 saturated carbocycles. The highest BCUT2D eigenvalue weighted by Crippen LogP contribution is 2.22. The Bertz CT molecular complexity index is 1150. The fourth-order valence-corrected chi connectivity index (χ4v) is 5.05. The first-order valence-corrected chi connectivity index (χ1v) is 13.0. The van der Waals surface area contributed by atoms with E-state index in [2.05, 4.69) is 21.2 Å². The summed E-state index contributed by atoms with van der Waals surface area (Å²) in [5.74, 6) is -0.397. The maximum Gasteiger partial charge on any atom is 0.243 e. The summed E-state index contributed by atoms with van der Waals surface area (Å²) in [6, 6.07) is 21.4. The molecule has 1 amide bonds. The van der Waals surface area contributed by atoms with Crippen molar-refractivity contribution < 1.29 is 13.2 Å². The van der Waals surface area contributed by atoms with Gasteiger partial charge in [0, 0.05) is 21.6 Å². The number of thioether (sulfide) groups is 1. The Morgan fingerprint density at radius 1 is 1.03 bits per heavy atom. The molecule has 0 aromatic heterocycles. The summed E-state index contributed by atoms with van der Waals surface area (Å²) in [6.07, 6.45) is 1.95. The van der Waals surface area contributed by atoms with E-state index in [4.69, 9.17) is 0 Å². The second-order valence-electron chi connectivity index (χ2n) is 6.99. The lowest BCUT2D eigenvalue weighted by Crippen LogP contribution is -2.37. The van der Waals surface area contributed by atoms with Crippen molar-refractivity contribution in [1.82, 2.24) is 4.31 Å². The molecule has 0 spiro atoms. The van der Waals surface area contributed by atoms with Crippen LogP contribution < -0.4 is 5.32 Å². The third-order valence-electron chi connectivity index (χ3n) is 4.60. The maximum atomic E-state index is 13.3. The number of benzene rings is 3. The largest absolute Gasteiger partial charge is 0.325 e. The molecule has 8 heteroatoms. The Labute approximate surface area is 196 Å². The number of rotatable bonds is 8. The van der Waals surface area contributed by atoms with E-state index >= 15 is 0 Å². The minimum Gasteiger partial charge on any atom is -0.325 e. The second-order valence-corrected chi connectivity index (χ2v) is 10.7. The van der Waals surface area contributed by atoms with Crippen LogP contribution >= 0.6 is 27.7 Å². The summed E-state index contributed by atoms with van der Waals surface area (Å²) in [5.41, 5.74) is 2.52. The highest BCUT2D eigenvalue weighted by molar-refractivity contribution is 9.10. The predicted octanol–water partition coefficient (Wildman–Crippen LogP) is 5.31. The quantitative estimate of drug-likeness (QED) is 0.410. The Balaban J connectivity index is 1.86. The molecule has 3 rings (SSSR count). The average molecular weight is 519 g/mol. The molecule has 0 saturated heterocycles. The number of nitrogens with zero attached hydrogens (tertiary/aromatic N) is 1. The van der Waals surface area contributed by atoms with Gasteiger partial charge in [0.2, 0.25) is 15.9 Å². The van der Waals surface area contributed by atoms with Gasteiger partial charge < -0.3 is 5.32 Å². The number of carbonyl (C=O) groups is 1. The highest BCUT2D eigenvalue weighted by Gasteiger charge is 2.27. The van der Waals surface area contributed by atoms with E-state index in [9.17, 15) is 13.2 Å². The Morgan fingerprint density at radius 3 is 2.35 bits per heavy atom. The number of halogens is 1. The lowest BCUT2D eigenvalue weighted by Gasteiger charge is -2.22. The van der Waals surface area contributed by atoms with Gasteiger partial charge in [0.15, 0.2) is 0 Å². The number of hydrogen-bond acceptors (Lipinski definition) is 4. The van der Waals surface area contributed by atoms with Crippen LogP contribution in [0.2, 0.25) is 0 Å². The zero-order chi connectivity index (χ0) is 22.4. The van der Waals surface area contributed by atoms with Gasteiger partial charge in [-0.05, 0) is 61.2 Å². The number of anilines is 1. The van der Waals surface area contributed by atoms with Crippen LogP contribution in [-0.2, 0) is 21.4 Å². The molecule has 5 nitrogen and oxygen atoms in total. The van der Waals surface area contributed by atoms with Crippen molar-refractivity contribution in [3.63, 3.8) is 0 Å². The first-order valence-electron chi connectivity index (χ1n) is 9.53. The van der Waals surface area contributed by atoms with E-state index in [0.717, 1.165) is 20.5 Å². The molecule has 0 heterocycles. The van der Waals surface area contributed by atoms with Crippen LogP contribution in [0.1, 0.15) is 11.1 Å². The molecule has 0 bridgehead atoms. The van der Waals surface area contributed by atoms with Crippen LogP contribution in [0.4, 0.5) is 5.69 Å². The molecule has 0 aliphatic rings.